The fourth-order valence-corrected chi connectivity index (χ4v) is 1.64. The predicted molar refractivity (Wildman–Crippen MR) is 64.2 cm³/mol. The Kier molecular flexibility index (Phi) is 4.23. The zero-order chi connectivity index (χ0) is 13.1. The monoisotopic (exact) mass is 239 g/mol. The molecule has 1 rings (SSSR count). The smallest absolute Gasteiger partial charge is 0.323 e. The number of halogens is 1. The first-order chi connectivity index (χ1) is 7.91. The largest absolute Gasteiger partial charge is 0.480 e. The summed E-state index contributed by atoms with van der Waals surface area (Å²) in [6.45, 7) is 3.74. The van der Waals surface area contributed by atoms with Gasteiger partial charge in [-0.3, -0.25) is 9.69 Å². The molecule has 0 spiro atoms. The van der Waals surface area contributed by atoms with Gasteiger partial charge in [0.25, 0.3) is 0 Å². The standard InChI is InChI=1S/C13H18FNO2/c1-4-13(2,12(16)17)15(3)9-10-7-5-6-8-11(10)14/h5-8H,4,9H2,1-3H3,(H,16,17). The lowest BCUT2D eigenvalue weighted by atomic mass is 9.96. The Morgan fingerprint density at radius 1 is 1.47 bits per heavy atom. The van der Waals surface area contributed by atoms with E-state index in [1.165, 1.54) is 6.07 Å². The highest BCUT2D eigenvalue weighted by molar-refractivity contribution is 5.78. The Morgan fingerprint density at radius 3 is 2.53 bits per heavy atom. The highest BCUT2D eigenvalue weighted by Gasteiger charge is 2.35. The minimum Gasteiger partial charge on any atom is -0.480 e. The first-order valence-corrected chi connectivity index (χ1v) is 5.60. The highest BCUT2D eigenvalue weighted by Crippen LogP contribution is 2.21. The molecule has 94 valence electrons. The van der Waals surface area contributed by atoms with E-state index in [9.17, 15) is 14.3 Å². The number of carbonyl (C=O) groups is 1. The molecule has 0 fully saturated rings. The Balaban J connectivity index is 2.89. The second kappa shape index (κ2) is 5.27. The van der Waals surface area contributed by atoms with Crippen molar-refractivity contribution < 1.29 is 14.3 Å². The average Bonchev–Trinajstić information content (AvgIpc) is 2.30. The summed E-state index contributed by atoms with van der Waals surface area (Å²) >= 11 is 0. The van der Waals surface area contributed by atoms with Crippen molar-refractivity contribution >= 4 is 5.97 Å². The lowest BCUT2D eigenvalue weighted by Gasteiger charge is -2.34. The van der Waals surface area contributed by atoms with E-state index in [2.05, 4.69) is 0 Å². The van der Waals surface area contributed by atoms with E-state index in [1.807, 2.05) is 6.92 Å². The van der Waals surface area contributed by atoms with Gasteiger partial charge in [0.15, 0.2) is 0 Å². The molecule has 0 saturated heterocycles. The van der Waals surface area contributed by atoms with Crippen LogP contribution in [0.4, 0.5) is 4.39 Å². The maximum Gasteiger partial charge on any atom is 0.323 e. The van der Waals surface area contributed by atoms with Gasteiger partial charge in [-0.15, -0.1) is 0 Å². The molecular weight excluding hydrogens is 221 g/mol. The summed E-state index contributed by atoms with van der Waals surface area (Å²) in [6, 6.07) is 6.42. The molecule has 17 heavy (non-hydrogen) atoms. The minimum atomic E-state index is -0.970. The van der Waals surface area contributed by atoms with Crippen molar-refractivity contribution in [1.82, 2.24) is 4.90 Å². The summed E-state index contributed by atoms with van der Waals surface area (Å²) in [5, 5.41) is 9.21. The lowest BCUT2D eigenvalue weighted by Crippen LogP contribution is -2.49. The number of nitrogens with zero attached hydrogens (tertiary/aromatic N) is 1. The van der Waals surface area contributed by atoms with Gasteiger partial charge in [-0.05, 0) is 26.5 Å². The molecule has 1 N–H and O–H groups in total. The van der Waals surface area contributed by atoms with Gasteiger partial charge in [0.2, 0.25) is 0 Å². The zero-order valence-electron chi connectivity index (χ0n) is 10.4. The van der Waals surface area contributed by atoms with E-state index in [-0.39, 0.29) is 12.4 Å². The van der Waals surface area contributed by atoms with Crippen molar-refractivity contribution in [1.29, 1.82) is 0 Å². The summed E-state index contributed by atoms with van der Waals surface area (Å²) < 4.78 is 13.5. The first-order valence-electron chi connectivity index (χ1n) is 5.60. The van der Waals surface area contributed by atoms with Crippen LogP contribution in [0.2, 0.25) is 0 Å². The van der Waals surface area contributed by atoms with E-state index in [0.29, 0.717) is 12.0 Å². The van der Waals surface area contributed by atoms with Gasteiger partial charge in [0, 0.05) is 12.1 Å². The minimum absolute atomic E-state index is 0.281. The molecule has 1 aromatic carbocycles. The number of rotatable bonds is 5. The molecule has 0 aliphatic rings. The number of carboxylic acid groups (broad SMARTS) is 1. The van der Waals surface area contributed by atoms with Crippen molar-refractivity contribution in [2.45, 2.75) is 32.4 Å². The van der Waals surface area contributed by atoms with E-state index in [4.69, 9.17) is 0 Å². The summed E-state index contributed by atoms with van der Waals surface area (Å²) in [5.74, 6) is -1.19. The van der Waals surface area contributed by atoms with Crippen LogP contribution in [0.15, 0.2) is 24.3 Å². The topological polar surface area (TPSA) is 40.5 Å². The third-order valence-corrected chi connectivity index (χ3v) is 3.36. The van der Waals surface area contributed by atoms with Gasteiger partial charge in [-0.1, -0.05) is 25.1 Å². The van der Waals surface area contributed by atoms with Crippen molar-refractivity contribution in [2.24, 2.45) is 0 Å². The average molecular weight is 239 g/mol. The first kappa shape index (κ1) is 13.6. The van der Waals surface area contributed by atoms with E-state index in [0.717, 1.165) is 0 Å². The molecule has 0 aromatic heterocycles. The Bertz CT molecular complexity index is 408. The molecule has 0 amide bonds. The van der Waals surface area contributed by atoms with Gasteiger partial charge >= 0.3 is 5.97 Å². The molecule has 1 aromatic rings. The fraction of sp³-hybridized carbons (Fsp3) is 0.462. The Morgan fingerprint density at radius 2 is 2.06 bits per heavy atom. The van der Waals surface area contributed by atoms with Crippen LogP contribution >= 0.6 is 0 Å². The molecule has 3 nitrogen and oxygen atoms in total. The van der Waals surface area contributed by atoms with Crippen molar-refractivity contribution in [3.8, 4) is 0 Å². The van der Waals surface area contributed by atoms with Crippen molar-refractivity contribution in [2.75, 3.05) is 7.05 Å². The lowest BCUT2D eigenvalue weighted by molar-refractivity contribution is -0.150. The molecule has 0 radical (unpaired) electrons. The number of benzene rings is 1. The molecule has 1 atom stereocenters. The maximum absolute atomic E-state index is 13.5. The second-order valence-corrected chi connectivity index (χ2v) is 4.38. The fourth-order valence-electron chi connectivity index (χ4n) is 1.64. The van der Waals surface area contributed by atoms with Crippen LogP contribution in [0.25, 0.3) is 0 Å². The Hall–Kier alpha value is -1.42. The summed E-state index contributed by atoms with van der Waals surface area (Å²) in [4.78, 5) is 12.9. The molecule has 0 aliphatic heterocycles. The van der Waals surface area contributed by atoms with E-state index in [1.54, 1.807) is 37.1 Å². The predicted octanol–water partition coefficient (Wildman–Crippen LogP) is 2.51. The normalized spacial score (nSPS) is 14.6. The number of likely N-dealkylation sites (N-methyl/N-ethyl adjacent to an activating group) is 1. The van der Waals surface area contributed by atoms with Gasteiger partial charge in [0.05, 0.1) is 0 Å². The summed E-state index contributed by atoms with van der Waals surface area (Å²) in [5.41, 5.74) is -0.460. The van der Waals surface area contributed by atoms with E-state index >= 15 is 0 Å². The van der Waals surface area contributed by atoms with Gasteiger partial charge in [0.1, 0.15) is 11.4 Å². The third-order valence-electron chi connectivity index (χ3n) is 3.36. The number of hydrogen-bond donors (Lipinski definition) is 1. The molecule has 1 unspecified atom stereocenters. The second-order valence-electron chi connectivity index (χ2n) is 4.38. The van der Waals surface area contributed by atoms with Gasteiger partial charge in [-0.2, -0.15) is 0 Å². The summed E-state index contributed by atoms with van der Waals surface area (Å²) in [6.07, 6.45) is 0.466. The van der Waals surface area contributed by atoms with Crippen LogP contribution in [-0.2, 0) is 11.3 Å². The van der Waals surface area contributed by atoms with Crippen molar-refractivity contribution in [3.05, 3.63) is 35.6 Å². The summed E-state index contributed by atoms with van der Waals surface area (Å²) in [7, 11) is 1.70. The van der Waals surface area contributed by atoms with Gasteiger partial charge in [-0.25, -0.2) is 4.39 Å². The maximum atomic E-state index is 13.5. The van der Waals surface area contributed by atoms with Crippen LogP contribution in [0.3, 0.4) is 0 Å². The number of hydrogen-bond acceptors (Lipinski definition) is 2. The van der Waals surface area contributed by atoms with E-state index < -0.39 is 11.5 Å². The molecule has 0 heterocycles. The van der Waals surface area contributed by atoms with Crippen LogP contribution in [0.1, 0.15) is 25.8 Å². The quantitative estimate of drug-likeness (QED) is 0.858. The van der Waals surface area contributed by atoms with Gasteiger partial charge < -0.3 is 5.11 Å². The van der Waals surface area contributed by atoms with Crippen LogP contribution in [0, 0.1) is 5.82 Å². The van der Waals surface area contributed by atoms with Crippen LogP contribution in [-0.4, -0.2) is 28.6 Å². The molecule has 0 aliphatic carbocycles. The zero-order valence-corrected chi connectivity index (χ0v) is 10.4. The number of carboxylic acids is 1. The highest BCUT2D eigenvalue weighted by atomic mass is 19.1. The molecule has 4 heteroatoms. The van der Waals surface area contributed by atoms with Crippen LogP contribution in [0.5, 0.6) is 0 Å². The van der Waals surface area contributed by atoms with Crippen molar-refractivity contribution in [3.63, 3.8) is 0 Å². The van der Waals surface area contributed by atoms with Crippen LogP contribution < -0.4 is 0 Å². The molecule has 0 bridgehead atoms. The Labute approximate surface area is 101 Å². The third kappa shape index (κ3) is 2.82. The molecule has 0 saturated carbocycles. The number of aliphatic carboxylic acids is 1. The SMILES string of the molecule is CCC(C)(C(=O)O)N(C)Cc1ccccc1F. The molecular formula is C13H18FNO2.